The van der Waals surface area contributed by atoms with Crippen LogP contribution in [-0.4, -0.2) is 57.6 Å². The van der Waals surface area contributed by atoms with Gasteiger partial charge >= 0.3 is 0 Å². The molecular weight excluding hydrogens is 434 g/mol. The van der Waals surface area contributed by atoms with Crippen molar-refractivity contribution in [2.75, 3.05) is 26.0 Å². The molecule has 1 amide bonds. The molecule has 1 aromatic heterocycles. The smallest absolute Gasteiger partial charge is 0.230 e. The van der Waals surface area contributed by atoms with Gasteiger partial charge in [0.15, 0.2) is 11.0 Å². The van der Waals surface area contributed by atoms with Crippen molar-refractivity contribution in [2.24, 2.45) is 0 Å². The molecular formula is C25H29N5O2S. The van der Waals surface area contributed by atoms with Crippen molar-refractivity contribution in [1.82, 2.24) is 25.0 Å². The number of carbonyl (C=O) groups is 1. The summed E-state index contributed by atoms with van der Waals surface area (Å²) in [6.45, 7) is 7.17. The third kappa shape index (κ3) is 5.83. The Bertz CT molecular complexity index is 1090. The van der Waals surface area contributed by atoms with Gasteiger partial charge in [0.2, 0.25) is 5.91 Å². The molecule has 8 heteroatoms. The number of hydrogen-bond donors (Lipinski definition) is 1. The predicted octanol–water partition coefficient (Wildman–Crippen LogP) is 3.62. The van der Waals surface area contributed by atoms with Crippen molar-refractivity contribution in [1.29, 1.82) is 0 Å². The second-order valence-corrected chi connectivity index (χ2v) is 8.91. The van der Waals surface area contributed by atoms with E-state index in [0.29, 0.717) is 17.5 Å². The van der Waals surface area contributed by atoms with E-state index in [1.54, 1.807) is 13.2 Å². The average molecular weight is 464 g/mol. The molecule has 1 fully saturated rings. The third-order valence-electron chi connectivity index (χ3n) is 5.60. The summed E-state index contributed by atoms with van der Waals surface area (Å²) in [5.74, 6) is 1.73. The van der Waals surface area contributed by atoms with Crippen molar-refractivity contribution in [3.8, 4) is 17.1 Å². The molecule has 1 unspecified atom stereocenters. The molecule has 1 aliphatic rings. The number of ether oxygens (including phenoxy) is 1. The first kappa shape index (κ1) is 23.1. The summed E-state index contributed by atoms with van der Waals surface area (Å²) in [6.07, 6.45) is 2.76. The van der Waals surface area contributed by atoms with Gasteiger partial charge < -0.3 is 10.1 Å². The maximum Gasteiger partial charge on any atom is 0.230 e. The second-order valence-electron chi connectivity index (χ2n) is 7.97. The van der Waals surface area contributed by atoms with Crippen molar-refractivity contribution < 1.29 is 9.53 Å². The number of aromatic nitrogens is 3. The first-order valence-corrected chi connectivity index (χ1v) is 12.0. The standard InChI is InChI=1S/C25H29N5O2S/c1-3-14-30-24(21-11-7-8-12-22(21)32-2)27-28-25(30)33-18-23(31)26-20-13-15-29(17-20)16-19-9-5-4-6-10-19/h3-12,20H,1,13-18H2,2H3,(H,26,31). The van der Waals surface area contributed by atoms with Crippen LogP contribution < -0.4 is 10.1 Å². The maximum absolute atomic E-state index is 12.6. The molecule has 2 heterocycles. The van der Waals surface area contributed by atoms with Crippen molar-refractivity contribution in [2.45, 2.75) is 30.7 Å². The van der Waals surface area contributed by atoms with Crippen LogP contribution in [0.2, 0.25) is 0 Å². The summed E-state index contributed by atoms with van der Waals surface area (Å²) in [4.78, 5) is 15.0. The van der Waals surface area contributed by atoms with E-state index in [4.69, 9.17) is 4.74 Å². The highest BCUT2D eigenvalue weighted by Crippen LogP contribution is 2.30. The summed E-state index contributed by atoms with van der Waals surface area (Å²) >= 11 is 1.39. The predicted molar refractivity (Wildman–Crippen MR) is 131 cm³/mol. The Hall–Kier alpha value is -3.10. The fourth-order valence-corrected chi connectivity index (χ4v) is 4.81. The number of methoxy groups -OCH3 is 1. The summed E-state index contributed by atoms with van der Waals surface area (Å²) < 4.78 is 7.44. The Labute approximate surface area is 198 Å². The van der Waals surface area contributed by atoms with E-state index in [2.05, 4.69) is 51.3 Å². The number of para-hydroxylation sites is 1. The van der Waals surface area contributed by atoms with Crippen molar-refractivity contribution in [3.63, 3.8) is 0 Å². The van der Waals surface area contributed by atoms with Crippen LogP contribution in [-0.2, 0) is 17.9 Å². The molecule has 1 aliphatic heterocycles. The Kier molecular flexibility index (Phi) is 7.80. The number of rotatable bonds is 10. The Morgan fingerprint density at radius 3 is 2.79 bits per heavy atom. The molecule has 0 bridgehead atoms. The normalized spacial score (nSPS) is 16.0. The fourth-order valence-electron chi connectivity index (χ4n) is 4.05. The molecule has 1 N–H and O–H groups in total. The molecule has 1 saturated heterocycles. The fraction of sp³-hybridized carbons (Fsp3) is 0.320. The lowest BCUT2D eigenvalue weighted by Gasteiger charge is -2.16. The first-order chi connectivity index (χ1) is 16.2. The lowest BCUT2D eigenvalue weighted by Crippen LogP contribution is -2.38. The Balaban J connectivity index is 1.34. The summed E-state index contributed by atoms with van der Waals surface area (Å²) in [6, 6.07) is 18.3. The Morgan fingerprint density at radius 1 is 1.21 bits per heavy atom. The second kappa shape index (κ2) is 11.2. The molecule has 7 nitrogen and oxygen atoms in total. The minimum Gasteiger partial charge on any atom is -0.496 e. The largest absolute Gasteiger partial charge is 0.496 e. The lowest BCUT2D eigenvalue weighted by molar-refractivity contribution is -0.119. The number of allylic oxidation sites excluding steroid dienone is 1. The van der Waals surface area contributed by atoms with Gasteiger partial charge in [0, 0.05) is 32.2 Å². The minimum atomic E-state index is 0.0126. The summed E-state index contributed by atoms with van der Waals surface area (Å²) in [5.41, 5.74) is 2.16. The van der Waals surface area contributed by atoms with Crippen LogP contribution in [0.4, 0.5) is 0 Å². The van der Waals surface area contributed by atoms with Gasteiger partial charge in [0.25, 0.3) is 0 Å². The molecule has 2 aromatic carbocycles. The van der Waals surface area contributed by atoms with E-state index < -0.39 is 0 Å². The van der Waals surface area contributed by atoms with Crippen LogP contribution in [0, 0.1) is 0 Å². The van der Waals surface area contributed by atoms with Crippen LogP contribution >= 0.6 is 11.8 Å². The van der Waals surface area contributed by atoms with Gasteiger partial charge in [-0.05, 0) is 24.1 Å². The van der Waals surface area contributed by atoms with E-state index in [9.17, 15) is 4.79 Å². The third-order valence-corrected chi connectivity index (χ3v) is 6.56. The molecule has 1 atom stereocenters. The van der Waals surface area contributed by atoms with E-state index in [1.807, 2.05) is 34.9 Å². The molecule has 0 radical (unpaired) electrons. The number of nitrogens with one attached hydrogen (secondary N) is 1. The molecule has 4 rings (SSSR count). The molecule has 172 valence electrons. The van der Waals surface area contributed by atoms with Gasteiger partial charge in [-0.15, -0.1) is 16.8 Å². The van der Waals surface area contributed by atoms with Crippen LogP contribution in [0.3, 0.4) is 0 Å². The van der Waals surface area contributed by atoms with Gasteiger partial charge in [0.1, 0.15) is 5.75 Å². The monoisotopic (exact) mass is 463 g/mol. The molecule has 0 aliphatic carbocycles. The van der Waals surface area contributed by atoms with Crippen LogP contribution in [0.1, 0.15) is 12.0 Å². The zero-order valence-corrected chi connectivity index (χ0v) is 19.6. The SMILES string of the molecule is C=CCn1c(SCC(=O)NC2CCN(Cc3ccccc3)C2)nnc1-c1ccccc1OC. The molecule has 0 spiro atoms. The quantitative estimate of drug-likeness (QED) is 0.366. The van der Waals surface area contributed by atoms with Gasteiger partial charge in [-0.1, -0.05) is 60.3 Å². The average Bonchev–Trinajstić information content (AvgIpc) is 3.45. The maximum atomic E-state index is 12.6. The van der Waals surface area contributed by atoms with Gasteiger partial charge in [0.05, 0.1) is 18.4 Å². The lowest BCUT2D eigenvalue weighted by atomic mass is 10.2. The van der Waals surface area contributed by atoms with Crippen molar-refractivity contribution in [3.05, 3.63) is 72.8 Å². The topological polar surface area (TPSA) is 72.3 Å². The van der Waals surface area contributed by atoms with E-state index in [1.165, 1.54) is 17.3 Å². The van der Waals surface area contributed by atoms with Crippen LogP contribution in [0.25, 0.3) is 11.4 Å². The zero-order valence-electron chi connectivity index (χ0n) is 18.8. The van der Waals surface area contributed by atoms with Crippen LogP contribution in [0.5, 0.6) is 5.75 Å². The number of likely N-dealkylation sites (tertiary alicyclic amines) is 1. The van der Waals surface area contributed by atoms with E-state index >= 15 is 0 Å². The molecule has 3 aromatic rings. The highest BCUT2D eigenvalue weighted by molar-refractivity contribution is 7.99. The minimum absolute atomic E-state index is 0.0126. The van der Waals surface area contributed by atoms with Crippen LogP contribution in [0.15, 0.2) is 72.4 Å². The number of thioether (sulfide) groups is 1. The number of amides is 1. The summed E-state index contributed by atoms with van der Waals surface area (Å²) in [5, 5.41) is 12.6. The van der Waals surface area contributed by atoms with Crippen molar-refractivity contribution >= 4 is 17.7 Å². The van der Waals surface area contributed by atoms with Gasteiger partial charge in [-0.2, -0.15) is 0 Å². The number of nitrogens with zero attached hydrogens (tertiary/aromatic N) is 4. The molecule has 0 saturated carbocycles. The first-order valence-electron chi connectivity index (χ1n) is 11.0. The van der Waals surface area contributed by atoms with E-state index in [-0.39, 0.29) is 17.7 Å². The number of carbonyl (C=O) groups excluding carboxylic acids is 1. The number of benzene rings is 2. The Morgan fingerprint density at radius 2 is 2.00 bits per heavy atom. The summed E-state index contributed by atoms with van der Waals surface area (Å²) in [7, 11) is 1.64. The highest BCUT2D eigenvalue weighted by atomic mass is 32.2. The van der Waals surface area contributed by atoms with Gasteiger partial charge in [-0.25, -0.2) is 0 Å². The highest BCUT2D eigenvalue weighted by Gasteiger charge is 2.24. The van der Waals surface area contributed by atoms with Gasteiger partial charge in [-0.3, -0.25) is 14.3 Å². The van der Waals surface area contributed by atoms with E-state index in [0.717, 1.165) is 37.4 Å². The molecule has 33 heavy (non-hydrogen) atoms. The number of hydrogen-bond acceptors (Lipinski definition) is 6. The zero-order chi connectivity index (χ0) is 23.0.